The molecule has 16 aromatic rings. The topological polar surface area (TPSA) is 54.8 Å². The first-order valence-corrected chi connectivity index (χ1v) is 24.8. The maximum atomic E-state index is 11.7. The number of fused-ring (bicyclic) bond motifs is 18. The van der Waals surface area contributed by atoms with Crippen molar-refractivity contribution >= 4 is 139 Å². The fourth-order valence-corrected chi connectivity index (χ4v) is 13.8. The maximum Gasteiger partial charge on any atom is 0.156 e. The molecule has 0 aliphatic carbocycles. The van der Waals surface area contributed by atoms with Crippen LogP contribution in [-0.4, -0.2) is 23.9 Å². The van der Waals surface area contributed by atoms with Crippen LogP contribution in [0.25, 0.3) is 150 Å². The molecule has 10 aromatic carbocycles. The van der Waals surface area contributed by atoms with Crippen LogP contribution in [-0.2, 0) is 0 Å². The number of rotatable bonds is 3. The second kappa shape index (κ2) is 13.7. The lowest BCUT2D eigenvalue weighted by molar-refractivity contribution is 0.477. The predicted molar refractivity (Wildman–Crippen MR) is 293 cm³/mol. The van der Waals surface area contributed by atoms with E-state index in [0.29, 0.717) is 0 Å². The molecular weight excluding hydrogens is 881 g/mol. The number of benzene rings is 10. The van der Waals surface area contributed by atoms with Crippen molar-refractivity contribution in [3.05, 3.63) is 200 Å². The lowest BCUT2D eigenvalue weighted by Gasteiger charge is -2.14. The van der Waals surface area contributed by atoms with E-state index in [0.717, 1.165) is 65.9 Å². The minimum atomic E-state index is 0.247. The summed E-state index contributed by atoms with van der Waals surface area (Å²) < 4.78 is 9.28. The number of thiophene rings is 2. The number of phenolic OH excluding ortho intramolecular Hbond substituents is 1. The molecule has 6 aromatic heterocycles. The molecule has 0 aliphatic heterocycles. The molecule has 0 bridgehead atoms. The number of hydrogen-bond donors (Lipinski definition) is 1. The third-order valence-corrected chi connectivity index (χ3v) is 16.8. The minimum Gasteiger partial charge on any atom is -0.507 e. The highest BCUT2D eigenvalue weighted by Gasteiger charge is 2.22. The smallest absolute Gasteiger partial charge is 0.156 e. The van der Waals surface area contributed by atoms with Crippen LogP contribution in [0, 0.1) is 0 Å². The van der Waals surface area contributed by atoms with E-state index in [2.05, 4.69) is 203 Å². The van der Waals surface area contributed by atoms with E-state index >= 15 is 0 Å². The maximum absolute atomic E-state index is 11.7. The van der Waals surface area contributed by atoms with Crippen LogP contribution in [0.1, 0.15) is 0 Å². The monoisotopic (exact) mass is 914 g/mol. The van der Waals surface area contributed by atoms with Crippen LogP contribution in [0.4, 0.5) is 0 Å². The number of hydrogen-bond acceptors (Lipinski definition) is 5. The molecule has 0 radical (unpaired) electrons. The van der Waals surface area contributed by atoms with E-state index in [1.807, 2.05) is 17.4 Å². The van der Waals surface area contributed by atoms with Gasteiger partial charge in [-0.2, -0.15) is 0 Å². The molecule has 1 N–H and O–H groups in total. The highest BCUT2D eigenvalue weighted by atomic mass is 32.1. The molecule has 0 spiro atoms. The summed E-state index contributed by atoms with van der Waals surface area (Å²) in [6, 6.07) is 67.4. The van der Waals surface area contributed by atoms with Crippen LogP contribution in [0.3, 0.4) is 0 Å². The number of imidazole rings is 2. The van der Waals surface area contributed by atoms with Crippen LogP contribution in [0.15, 0.2) is 200 Å². The molecule has 5 nitrogen and oxygen atoms in total. The van der Waals surface area contributed by atoms with Crippen molar-refractivity contribution in [1.82, 2.24) is 18.8 Å². The van der Waals surface area contributed by atoms with Crippen LogP contribution < -0.4 is 0 Å². The second-order valence-electron chi connectivity index (χ2n) is 18.3. The molecule has 69 heavy (non-hydrogen) atoms. The average molecular weight is 915 g/mol. The summed E-state index contributed by atoms with van der Waals surface area (Å²) in [5, 5.41) is 26.1. The summed E-state index contributed by atoms with van der Waals surface area (Å²) in [4.78, 5) is 10.5. The van der Waals surface area contributed by atoms with Gasteiger partial charge in [0.05, 0.1) is 31.5 Å². The lowest BCUT2D eigenvalue weighted by atomic mass is 9.90. The van der Waals surface area contributed by atoms with Gasteiger partial charge in [-0.15, -0.1) is 22.7 Å². The Labute approximate surface area is 400 Å². The summed E-state index contributed by atoms with van der Waals surface area (Å²) in [7, 11) is 0. The molecule has 7 heteroatoms. The SMILES string of the molecule is Oc1ccc(-c2c3ccccc3cc3sc4c(ccn5c6cc7ccccc7cc6nc45)c23)cc1-c1ccc(-c2c3ccccc3cc3sc4c(ccn5c6cc7ccccc7cc6nc45)c23)cc1. The zero-order chi connectivity index (χ0) is 45.1. The molecule has 0 saturated heterocycles. The third-order valence-electron chi connectivity index (χ3n) is 14.5. The van der Waals surface area contributed by atoms with Gasteiger partial charge < -0.3 is 5.11 Å². The summed E-state index contributed by atoms with van der Waals surface area (Å²) in [5.41, 5.74) is 12.5. The van der Waals surface area contributed by atoms with Gasteiger partial charge in [0.1, 0.15) is 5.75 Å². The van der Waals surface area contributed by atoms with Gasteiger partial charge >= 0.3 is 0 Å². The van der Waals surface area contributed by atoms with Crippen molar-refractivity contribution < 1.29 is 5.11 Å². The first-order valence-electron chi connectivity index (χ1n) is 23.2. The molecule has 0 atom stereocenters. The van der Waals surface area contributed by atoms with Crippen molar-refractivity contribution in [2.24, 2.45) is 0 Å². The van der Waals surface area contributed by atoms with Crippen LogP contribution in [0.2, 0.25) is 0 Å². The summed E-state index contributed by atoms with van der Waals surface area (Å²) >= 11 is 3.62. The molecule has 320 valence electrons. The molecule has 0 aliphatic rings. The molecule has 0 amide bonds. The zero-order valence-corrected chi connectivity index (χ0v) is 38.2. The Kier molecular flexibility index (Phi) is 7.46. The van der Waals surface area contributed by atoms with Crippen molar-refractivity contribution in [3.8, 4) is 39.1 Å². The fourth-order valence-electron chi connectivity index (χ4n) is 11.4. The molecule has 0 unspecified atom stereocenters. The number of aromatic hydroxyl groups is 1. The van der Waals surface area contributed by atoms with Crippen molar-refractivity contribution in [2.45, 2.75) is 0 Å². The molecular formula is C62H34N4OS2. The van der Waals surface area contributed by atoms with Gasteiger partial charge in [-0.1, -0.05) is 127 Å². The zero-order valence-electron chi connectivity index (χ0n) is 36.6. The van der Waals surface area contributed by atoms with Crippen molar-refractivity contribution in [2.75, 3.05) is 0 Å². The van der Waals surface area contributed by atoms with E-state index in [1.165, 1.54) is 84.3 Å². The highest BCUT2D eigenvalue weighted by Crippen LogP contribution is 2.49. The van der Waals surface area contributed by atoms with Gasteiger partial charge in [0, 0.05) is 48.9 Å². The fraction of sp³-hybridized carbons (Fsp3) is 0. The van der Waals surface area contributed by atoms with Gasteiger partial charge in [-0.05, 0) is 132 Å². The van der Waals surface area contributed by atoms with E-state index in [9.17, 15) is 5.11 Å². The van der Waals surface area contributed by atoms with E-state index < -0.39 is 0 Å². The van der Waals surface area contributed by atoms with E-state index in [-0.39, 0.29) is 5.75 Å². The molecule has 0 fully saturated rings. The molecule has 16 rings (SSSR count). The van der Waals surface area contributed by atoms with E-state index in [1.54, 1.807) is 11.3 Å². The van der Waals surface area contributed by atoms with E-state index in [4.69, 9.17) is 9.97 Å². The Hall–Kier alpha value is -8.62. The summed E-state index contributed by atoms with van der Waals surface area (Å²) in [5.74, 6) is 0.247. The van der Waals surface area contributed by atoms with Gasteiger partial charge in [-0.25, -0.2) is 9.97 Å². The predicted octanol–water partition coefficient (Wildman–Crippen LogP) is 17.3. The quantitative estimate of drug-likeness (QED) is 0.192. The van der Waals surface area contributed by atoms with Crippen molar-refractivity contribution in [3.63, 3.8) is 0 Å². The van der Waals surface area contributed by atoms with Gasteiger partial charge in [0.15, 0.2) is 11.3 Å². The summed E-state index contributed by atoms with van der Waals surface area (Å²) in [6.45, 7) is 0. The first-order chi connectivity index (χ1) is 34.1. The summed E-state index contributed by atoms with van der Waals surface area (Å²) in [6.07, 6.45) is 4.37. The Bertz CT molecular complexity index is 4920. The van der Waals surface area contributed by atoms with Gasteiger partial charge in [0.25, 0.3) is 0 Å². The number of pyridine rings is 2. The van der Waals surface area contributed by atoms with Crippen LogP contribution >= 0.6 is 22.7 Å². The van der Waals surface area contributed by atoms with Gasteiger partial charge in [0.2, 0.25) is 0 Å². The minimum absolute atomic E-state index is 0.247. The molecule has 0 saturated carbocycles. The van der Waals surface area contributed by atoms with Crippen LogP contribution in [0.5, 0.6) is 5.75 Å². The largest absolute Gasteiger partial charge is 0.507 e. The molecule has 6 heterocycles. The second-order valence-corrected chi connectivity index (χ2v) is 20.4. The Balaban J connectivity index is 0.862. The van der Waals surface area contributed by atoms with Crippen molar-refractivity contribution in [1.29, 1.82) is 0 Å². The standard InChI is InChI=1S/C62H34N4OS2/c67-52-22-21-42(56-44-16-8-6-14-41(44)33-54-58(56)46-24-26-66-51-31-39-12-4-2-10-37(39)29-49(51)64-62(66)60(46)69-54)27-47(52)34-17-19-35(20-18-34)55-43-15-7-5-13-40(43)32-53-57(55)45-23-25-65-50-30-38-11-3-1-9-36(38)28-48(50)63-61(65)59(45)68-53/h1-33,67H. The first kappa shape index (κ1) is 37.5. The number of aromatic nitrogens is 4. The Morgan fingerprint density at radius 3 is 1.33 bits per heavy atom. The number of nitrogens with zero attached hydrogens (tertiary/aromatic N) is 4. The average Bonchev–Trinajstić information content (AvgIpc) is 4.16. The Morgan fingerprint density at radius 2 is 0.812 bits per heavy atom. The number of phenols is 1. The highest BCUT2D eigenvalue weighted by molar-refractivity contribution is 7.27. The lowest BCUT2D eigenvalue weighted by Crippen LogP contribution is -1.88. The van der Waals surface area contributed by atoms with Gasteiger partial charge in [-0.3, -0.25) is 8.80 Å². The third kappa shape index (κ3) is 5.28. The normalized spacial score (nSPS) is 12.4. The Morgan fingerprint density at radius 1 is 0.377 bits per heavy atom.